The molecule has 0 unspecified atom stereocenters. The van der Waals surface area contributed by atoms with E-state index in [1.807, 2.05) is 0 Å². The predicted octanol–water partition coefficient (Wildman–Crippen LogP) is 1.02. The van der Waals surface area contributed by atoms with Crippen molar-refractivity contribution in [2.45, 2.75) is 26.3 Å². The lowest BCUT2D eigenvalue weighted by atomic mass is 10.3. The van der Waals surface area contributed by atoms with E-state index in [0.29, 0.717) is 17.2 Å². The van der Waals surface area contributed by atoms with Gasteiger partial charge in [-0.25, -0.2) is 4.98 Å². The number of Topliss-reactive ketones (excluding diaryl/α,β-unsaturated/α-hetero) is 1. The summed E-state index contributed by atoms with van der Waals surface area (Å²) in [6, 6.07) is -0.586. The van der Waals surface area contributed by atoms with Crippen molar-refractivity contribution in [3.63, 3.8) is 0 Å². The first-order chi connectivity index (χ1) is 7.04. The van der Waals surface area contributed by atoms with Gasteiger partial charge < -0.3 is 11.1 Å². The summed E-state index contributed by atoms with van der Waals surface area (Å²) in [7, 11) is 0. The third-order valence-corrected chi connectivity index (χ3v) is 2.61. The summed E-state index contributed by atoms with van der Waals surface area (Å²) in [5.74, 6) is 0.0520. The molecule has 6 heteroatoms. The molecule has 0 spiro atoms. The van der Waals surface area contributed by atoms with Crippen LogP contribution in [-0.4, -0.2) is 22.7 Å². The third-order valence-electron chi connectivity index (χ3n) is 1.73. The van der Waals surface area contributed by atoms with Crippen LogP contribution < -0.4 is 11.1 Å². The van der Waals surface area contributed by atoms with Gasteiger partial charge in [0.25, 0.3) is 0 Å². The van der Waals surface area contributed by atoms with Gasteiger partial charge in [-0.05, 0) is 6.92 Å². The van der Waals surface area contributed by atoms with Crippen molar-refractivity contribution in [1.82, 2.24) is 4.98 Å². The largest absolute Gasteiger partial charge is 0.320 e. The zero-order chi connectivity index (χ0) is 11.4. The Bertz CT molecular complexity index is 373. The number of amides is 1. The minimum atomic E-state index is -0.586. The first-order valence-electron chi connectivity index (χ1n) is 4.59. The van der Waals surface area contributed by atoms with E-state index in [4.69, 9.17) is 5.73 Å². The van der Waals surface area contributed by atoms with Crippen LogP contribution in [0, 0.1) is 0 Å². The standard InChI is InChI=1S/C9H13N3O2S/c1-3-6(13)9-12-7(4-15-9)11-8(14)5(2)10/h4-5H,3,10H2,1-2H3,(H,11,14)/t5-/m0/s1. The van der Waals surface area contributed by atoms with Crippen molar-refractivity contribution in [1.29, 1.82) is 0 Å². The Labute approximate surface area is 91.7 Å². The Morgan fingerprint density at radius 2 is 2.33 bits per heavy atom. The number of hydrogen-bond acceptors (Lipinski definition) is 5. The van der Waals surface area contributed by atoms with Gasteiger partial charge >= 0.3 is 0 Å². The second-order valence-corrected chi connectivity index (χ2v) is 3.95. The molecule has 1 amide bonds. The van der Waals surface area contributed by atoms with Crippen molar-refractivity contribution >= 4 is 28.8 Å². The van der Waals surface area contributed by atoms with Crippen molar-refractivity contribution in [2.24, 2.45) is 5.73 Å². The van der Waals surface area contributed by atoms with E-state index < -0.39 is 6.04 Å². The molecule has 1 aromatic rings. The Morgan fingerprint density at radius 3 is 2.87 bits per heavy atom. The monoisotopic (exact) mass is 227 g/mol. The van der Waals surface area contributed by atoms with Crippen molar-refractivity contribution in [3.8, 4) is 0 Å². The molecule has 0 saturated carbocycles. The molecule has 5 nitrogen and oxygen atoms in total. The van der Waals surface area contributed by atoms with Crippen molar-refractivity contribution < 1.29 is 9.59 Å². The number of nitrogens with one attached hydrogen (secondary N) is 1. The number of rotatable bonds is 4. The summed E-state index contributed by atoms with van der Waals surface area (Å²) in [4.78, 5) is 26.4. The van der Waals surface area contributed by atoms with Gasteiger partial charge in [-0.15, -0.1) is 11.3 Å². The third kappa shape index (κ3) is 3.10. The van der Waals surface area contributed by atoms with Crippen LogP contribution in [-0.2, 0) is 4.79 Å². The van der Waals surface area contributed by atoms with Crippen LogP contribution in [0.15, 0.2) is 5.38 Å². The molecule has 0 saturated heterocycles. The van der Waals surface area contributed by atoms with Crippen LogP contribution in [0.25, 0.3) is 0 Å². The topological polar surface area (TPSA) is 85.1 Å². The van der Waals surface area contributed by atoms with Gasteiger partial charge in [-0.2, -0.15) is 0 Å². The predicted molar refractivity (Wildman–Crippen MR) is 59.0 cm³/mol. The molecule has 82 valence electrons. The average Bonchev–Trinajstić information content (AvgIpc) is 2.65. The van der Waals surface area contributed by atoms with Crippen LogP contribution in [0.3, 0.4) is 0 Å². The molecule has 1 aromatic heterocycles. The van der Waals surface area contributed by atoms with E-state index in [-0.39, 0.29) is 11.7 Å². The average molecular weight is 227 g/mol. The molecular weight excluding hydrogens is 214 g/mol. The molecule has 1 heterocycles. The van der Waals surface area contributed by atoms with E-state index in [1.165, 1.54) is 11.3 Å². The quantitative estimate of drug-likeness (QED) is 0.752. The zero-order valence-electron chi connectivity index (χ0n) is 8.61. The van der Waals surface area contributed by atoms with Crippen LogP contribution >= 0.6 is 11.3 Å². The lowest BCUT2D eigenvalue weighted by Crippen LogP contribution is -2.32. The normalized spacial score (nSPS) is 12.2. The molecule has 0 bridgehead atoms. The highest BCUT2D eigenvalue weighted by atomic mass is 32.1. The number of nitrogens with two attached hydrogens (primary N) is 1. The molecule has 0 aromatic carbocycles. The van der Waals surface area contributed by atoms with E-state index in [2.05, 4.69) is 10.3 Å². The summed E-state index contributed by atoms with van der Waals surface area (Å²) in [5.41, 5.74) is 5.37. The van der Waals surface area contributed by atoms with Gasteiger partial charge in [-0.1, -0.05) is 6.92 Å². The van der Waals surface area contributed by atoms with Crippen LogP contribution in [0.4, 0.5) is 5.82 Å². The summed E-state index contributed by atoms with van der Waals surface area (Å²) in [6.45, 7) is 3.35. The van der Waals surface area contributed by atoms with E-state index in [1.54, 1.807) is 19.2 Å². The number of anilines is 1. The van der Waals surface area contributed by atoms with E-state index in [0.717, 1.165) is 0 Å². The maximum atomic E-state index is 11.3. The number of nitrogens with zero attached hydrogens (tertiary/aromatic N) is 1. The lowest BCUT2D eigenvalue weighted by Gasteiger charge is -2.03. The second kappa shape index (κ2) is 4.99. The van der Waals surface area contributed by atoms with Gasteiger partial charge in [-0.3, -0.25) is 9.59 Å². The fourth-order valence-corrected chi connectivity index (χ4v) is 1.61. The minimum absolute atomic E-state index is 0.0266. The molecule has 0 radical (unpaired) electrons. The Hall–Kier alpha value is -1.27. The molecule has 15 heavy (non-hydrogen) atoms. The molecule has 1 rings (SSSR count). The fourth-order valence-electron chi connectivity index (χ4n) is 0.851. The maximum Gasteiger partial charge on any atom is 0.242 e. The summed E-state index contributed by atoms with van der Waals surface area (Å²) in [6.07, 6.45) is 0.411. The minimum Gasteiger partial charge on any atom is -0.320 e. The number of aromatic nitrogens is 1. The molecule has 0 aliphatic heterocycles. The number of carbonyl (C=O) groups excluding carboxylic acids is 2. The fraction of sp³-hybridized carbons (Fsp3) is 0.444. The molecule has 0 fully saturated rings. The van der Waals surface area contributed by atoms with Gasteiger partial charge in [0.2, 0.25) is 5.91 Å². The number of thiazole rings is 1. The molecule has 1 atom stereocenters. The number of carbonyl (C=O) groups is 2. The first-order valence-corrected chi connectivity index (χ1v) is 5.47. The lowest BCUT2D eigenvalue weighted by molar-refractivity contribution is -0.117. The van der Waals surface area contributed by atoms with Gasteiger partial charge in [0.15, 0.2) is 10.8 Å². The van der Waals surface area contributed by atoms with Crippen molar-refractivity contribution in [2.75, 3.05) is 5.32 Å². The van der Waals surface area contributed by atoms with Crippen LogP contribution in [0.5, 0.6) is 0 Å². The highest BCUT2D eigenvalue weighted by Crippen LogP contribution is 2.15. The number of ketones is 1. The molecule has 3 N–H and O–H groups in total. The van der Waals surface area contributed by atoms with Gasteiger partial charge in [0, 0.05) is 11.8 Å². The SMILES string of the molecule is CCC(=O)c1nc(NC(=O)[C@H](C)N)cs1. The van der Waals surface area contributed by atoms with Crippen molar-refractivity contribution in [3.05, 3.63) is 10.4 Å². The maximum absolute atomic E-state index is 11.3. The molecular formula is C9H13N3O2S. The first kappa shape index (κ1) is 11.8. The summed E-state index contributed by atoms with van der Waals surface area (Å²) >= 11 is 1.22. The summed E-state index contributed by atoms with van der Waals surface area (Å²) in [5, 5.41) is 4.57. The Morgan fingerprint density at radius 1 is 1.67 bits per heavy atom. The highest BCUT2D eigenvalue weighted by Gasteiger charge is 2.12. The van der Waals surface area contributed by atoms with E-state index in [9.17, 15) is 9.59 Å². The summed E-state index contributed by atoms with van der Waals surface area (Å²) < 4.78 is 0. The smallest absolute Gasteiger partial charge is 0.242 e. The Kier molecular flexibility index (Phi) is 3.93. The zero-order valence-corrected chi connectivity index (χ0v) is 9.43. The van der Waals surface area contributed by atoms with Crippen LogP contribution in [0.2, 0.25) is 0 Å². The molecule has 0 aliphatic rings. The van der Waals surface area contributed by atoms with Gasteiger partial charge in [0.1, 0.15) is 5.82 Å². The van der Waals surface area contributed by atoms with Gasteiger partial charge in [0.05, 0.1) is 6.04 Å². The Balaban J connectivity index is 2.69. The molecule has 0 aliphatic carbocycles. The highest BCUT2D eigenvalue weighted by molar-refractivity contribution is 7.12. The van der Waals surface area contributed by atoms with E-state index >= 15 is 0 Å². The van der Waals surface area contributed by atoms with Crippen LogP contribution in [0.1, 0.15) is 30.1 Å². The number of hydrogen-bond donors (Lipinski definition) is 2. The second-order valence-electron chi connectivity index (χ2n) is 3.09.